The molecule has 120 valence electrons. The van der Waals surface area contributed by atoms with E-state index in [1.54, 1.807) is 24.3 Å². The van der Waals surface area contributed by atoms with Gasteiger partial charge in [0.15, 0.2) is 0 Å². The van der Waals surface area contributed by atoms with Crippen LogP contribution in [0.4, 0.5) is 24.0 Å². The third-order valence-corrected chi connectivity index (χ3v) is 3.88. The SMILES string of the molecule is O=c1ccnc2sc(Nc3cccc(CCC(F)(F)F)c3)nn12. The van der Waals surface area contributed by atoms with E-state index in [-0.39, 0.29) is 12.0 Å². The first kappa shape index (κ1) is 15.5. The highest BCUT2D eigenvalue weighted by molar-refractivity contribution is 7.20. The van der Waals surface area contributed by atoms with Crippen molar-refractivity contribution in [1.29, 1.82) is 0 Å². The lowest BCUT2D eigenvalue weighted by molar-refractivity contribution is -0.133. The predicted octanol–water partition coefficient (Wildman–Crippen LogP) is 3.39. The molecular formula is C14H11F3N4OS. The summed E-state index contributed by atoms with van der Waals surface area (Å²) in [7, 11) is 0. The number of nitrogens with zero attached hydrogens (tertiary/aromatic N) is 3. The summed E-state index contributed by atoms with van der Waals surface area (Å²) in [6, 6.07) is 7.97. The fourth-order valence-corrected chi connectivity index (χ4v) is 2.80. The van der Waals surface area contributed by atoms with Gasteiger partial charge in [-0.1, -0.05) is 23.5 Å². The molecule has 0 aliphatic rings. The summed E-state index contributed by atoms with van der Waals surface area (Å²) in [5.41, 5.74) is 0.888. The Morgan fingerprint density at radius 3 is 2.83 bits per heavy atom. The van der Waals surface area contributed by atoms with E-state index in [0.717, 1.165) is 0 Å². The zero-order chi connectivity index (χ0) is 16.4. The van der Waals surface area contributed by atoms with Crippen LogP contribution in [0.2, 0.25) is 0 Å². The first-order valence-electron chi connectivity index (χ1n) is 6.68. The maximum absolute atomic E-state index is 12.3. The fraction of sp³-hybridized carbons (Fsp3) is 0.214. The van der Waals surface area contributed by atoms with Gasteiger partial charge in [-0.15, -0.1) is 5.10 Å². The smallest absolute Gasteiger partial charge is 0.330 e. The normalized spacial score (nSPS) is 11.8. The number of aromatic nitrogens is 3. The van der Waals surface area contributed by atoms with Crippen molar-refractivity contribution in [3.8, 4) is 0 Å². The Morgan fingerprint density at radius 1 is 1.26 bits per heavy atom. The van der Waals surface area contributed by atoms with Gasteiger partial charge in [0.2, 0.25) is 10.1 Å². The number of hydrogen-bond acceptors (Lipinski definition) is 5. The van der Waals surface area contributed by atoms with Gasteiger partial charge >= 0.3 is 6.18 Å². The van der Waals surface area contributed by atoms with E-state index < -0.39 is 12.6 Å². The summed E-state index contributed by atoms with van der Waals surface area (Å²) in [6.45, 7) is 0. The Morgan fingerprint density at radius 2 is 2.09 bits per heavy atom. The van der Waals surface area contributed by atoms with Crippen LogP contribution < -0.4 is 10.9 Å². The molecule has 0 saturated carbocycles. The molecule has 0 aliphatic carbocycles. The maximum atomic E-state index is 12.3. The Bertz CT molecular complexity index is 887. The molecule has 5 nitrogen and oxygen atoms in total. The second-order valence-electron chi connectivity index (χ2n) is 4.83. The van der Waals surface area contributed by atoms with E-state index in [1.165, 1.54) is 28.1 Å². The molecule has 0 spiro atoms. The third-order valence-electron chi connectivity index (χ3n) is 3.05. The predicted molar refractivity (Wildman–Crippen MR) is 81.2 cm³/mol. The second kappa shape index (κ2) is 5.99. The molecule has 0 fully saturated rings. The lowest BCUT2D eigenvalue weighted by atomic mass is 10.1. The van der Waals surface area contributed by atoms with Gasteiger partial charge < -0.3 is 5.32 Å². The average Bonchev–Trinajstić information content (AvgIpc) is 2.89. The molecular weight excluding hydrogens is 329 g/mol. The Balaban J connectivity index is 1.79. The standard InChI is InChI=1S/C14H11F3N4OS/c15-14(16,17)6-4-9-2-1-3-10(8-9)19-12-20-21-11(22)5-7-18-13(21)23-12/h1-3,5,7-8H,4,6H2,(H,19,20). The number of nitrogens with one attached hydrogen (secondary N) is 1. The van der Waals surface area contributed by atoms with E-state index in [9.17, 15) is 18.0 Å². The van der Waals surface area contributed by atoms with Crippen LogP contribution in [0.3, 0.4) is 0 Å². The number of aryl methyl sites for hydroxylation is 1. The molecule has 1 N–H and O–H groups in total. The quantitative estimate of drug-likeness (QED) is 0.791. The highest BCUT2D eigenvalue weighted by Gasteiger charge is 2.26. The van der Waals surface area contributed by atoms with E-state index in [2.05, 4.69) is 15.4 Å². The van der Waals surface area contributed by atoms with Gasteiger partial charge in [0.05, 0.1) is 0 Å². The van der Waals surface area contributed by atoms with Crippen LogP contribution in [0.25, 0.3) is 4.96 Å². The lowest BCUT2D eigenvalue weighted by Gasteiger charge is -2.08. The summed E-state index contributed by atoms with van der Waals surface area (Å²) in [5.74, 6) is 0. The minimum absolute atomic E-state index is 0.0835. The Hall–Kier alpha value is -2.42. The molecule has 2 aromatic heterocycles. The first-order valence-corrected chi connectivity index (χ1v) is 7.50. The van der Waals surface area contributed by atoms with Crippen LogP contribution in [0.1, 0.15) is 12.0 Å². The van der Waals surface area contributed by atoms with Gasteiger partial charge in [-0.05, 0) is 24.1 Å². The summed E-state index contributed by atoms with van der Waals surface area (Å²) in [6.07, 6.45) is -3.72. The number of alkyl halides is 3. The molecule has 0 atom stereocenters. The number of anilines is 2. The van der Waals surface area contributed by atoms with Crippen molar-refractivity contribution in [2.24, 2.45) is 0 Å². The van der Waals surface area contributed by atoms with Crippen molar-refractivity contribution in [2.45, 2.75) is 19.0 Å². The maximum Gasteiger partial charge on any atom is 0.389 e. The van der Waals surface area contributed by atoms with Gasteiger partial charge in [-0.2, -0.15) is 17.7 Å². The Kier molecular flexibility index (Phi) is 4.03. The molecule has 1 aromatic carbocycles. The van der Waals surface area contributed by atoms with E-state index in [1.807, 2.05) is 0 Å². The van der Waals surface area contributed by atoms with Crippen LogP contribution in [-0.4, -0.2) is 20.8 Å². The second-order valence-corrected chi connectivity index (χ2v) is 5.78. The van der Waals surface area contributed by atoms with Gasteiger partial charge in [-0.25, -0.2) is 4.98 Å². The molecule has 23 heavy (non-hydrogen) atoms. The van der Waals surface area contributed by atoms with Crippen molar-refractivity contribution in [3.63, 3.8) is 0 Å². The van der Waals surface area contributed by atoms with Crippen molar-refractivity contribution in [1.82, 2.24) is 14.6 Å². The Labute approximate surface area is 132 Å². The molecule has 3 rings (SSSR count). The average molecular weight is 340 g/mol. The molecule has 0 unspecified atom stereocenters. The van der Waals surface area contributed by atoms with Crippen LogP contribution in [-0.2, 0) is 6.42 Å². The summed E-state index contributed by atoms with van der Waals surface area (Å²) >= 11 is 1.18. The first-order chi connectivity index (χ1) is 10.9. The van der Waals surface area contributed by atoms with E-state index in [0.29, 0.717) is 21.3 Å². The van der Waals surface area contributed by atoms with Crippen LogP contribution in [0.15, 0.2) is 41.3 Å². The molecule has 0 bridgehead atoms. The summed E-state index contributed by atoms with van der Waals surface area (Å²) < 4.78 is 38.0. The lowest BCUT2D eigenvalue weighted by Crippen LogP contribution is -2.12. The third kappa shape index (κ3) is 3.86. The zero-order valence-corrected chi connectivity index (χ0v) is 12.5. The molecule has 3 aromatic rings. The van der Waals surface area contributed by atoms with Crippen molar-refractivity contribution < 1.29 is 13.2 Å². The summed E-state index contributed by atoms with van der Waals surface area (Å²) in [4.78, 5) is 16.1. The molecule has 9 heteroatoms. The number of hydrogen-bond donors (Lipinski definition) is 1. The zero-order valence-electron chi connectivity index (χ0n) is 11.7. The van der Waals surface area contributed by atoms with Gasteiger partial charge in [0.1, 0.15) is 0 Å². The van der Waals surface area contributed by atoms with E-state index >= 15 is 0 Å². The minimum Gasteiger partial charge on any atom is -0.330 e. The topological polar surface area (TPSA) is 59.3 Å². The molecule has 0 amide bonds. The van der Waals surface area contributed by atoms with Crippen LogP contribution >= 0.6 is 11.3 Å². The molecule has 0 radical (unpaired) electrons. The minimum atomic E-state index is -4.18. The monoisotopic (exact) mass is 340 g/mol. The van der Waals surface area contributed by atoms with Gasteiger partial charge in [-0.3, -0.25) is 4.79 Å². The van der Waals surface area contributed by atoms with Crippen LogP contribution in [0.5, 0.6) is 0 Å². The largest absolute Gasteiger partial charge is 0.389 e. The highest BCUT2D eigenvalue weighted by Crippen LogP contribution is 2.25. The molecule has 0 saturated heterocycles. The van der Waals surface area contributed by atoms with Crippen molar-refractivity contribution in [3.05, 3.63) is 52.4 Å². The molecule has 2 heterocycles. The number of halogens is 3. The number of rotatable bonds is 4. The van der Waals surface area contributed by atoms with Crippen molar-refractivity contribution >= 4 is 27.1 Å². The number of fused-ring (bicyclic) bond motifs is 1. The van der Waals surface area contributed by atoms with Gasteiger partial charge in [0, 0.05) is 24.4 Å². The summed E-state index contributed by atoms with van der Waals surface area (Å²) in [5, 5.41) is 7.51. The van der Waals surface area contributed by atoms with Gasteiger partial charge in [0.25, 0.3) is 5.56 Å². The van der Waals surface area contributed by atoms with E-state index in [4.69, 9.17) is 0 Å². The van der Waals surface area contributed by atoms with Crippen molar-refractivity contribution in [2.75, 3.05) is 5.32 Å². The molecule has 0 aliphatic heterocycles. The number of benzene rings is 1. The van der Waals surface area contributed by atoms with Crippen LogP contribution in [0, 0.1) is 0 Å². The fourth-order valence-electron chi connectivity index (χ4n) is 2.01. The highest BCUT2D eigenvalue weighted by atomic mass is 32.1.